The second-order valence-corrected chi connectivity index (χ2v) is 5.93. The number of carbonyl (C=O) groups is 2. The van der Waals surface area contributed by atoms with Crippen molar-refractivity contribution in [3.05, 3.63) is 0 Å². The van der Waals surface area contributed by atoms with Crippen molar-refractivity contribution >= 4 is 12.0 Å². The first kappa shape index (κ1) is 14.1. The highest BCUT2D eigenvalue weighted by atomic mass is 16.4. The van der Waals surface area contributed by atoms with Gasteiger partial charge < -0.3 is 19.8 Å². The third-order valence-electron chi connectivity index (χ3n) is 4.44. The van der Waals surface area contributed by atoms with Crippen molar-refractivity contribution in [2.75, 3.05) is 40.3 Å². The van der Waals surface area contributed by atoms with E-state index in [0.717, 1.165) is 19.5 Å². The number of carbonyl (C=O) groups excluding carboxylic acids is 1. The summed E-state index contributed by atoms with van der Waals surface area (Å²) >= 11 is 0. The summed E-state index contributed by atoms with van der Waals surface area (Å²) in [6.07, 6.45) is 1.02. The van der Waals surface area contributed by atoms with Crippen LogP contribution in [-0.4, -0.2) is 78.1 Å². The smallest absolute Gasteiger partial charge is 0.320 e. The molecule has 0 radical (unpaired) electrons. The Morgan fingerprint density at radius 1 is 1.21 bits per heavy atom. The van der Waals surface area contributed by atoms with Gasteiger partial charge in [-0.05, 0) is 20.5 Å². The Kier molecular flexibility index (Phi) is 3.99. The monoisotopic (exact) mass is 269 g/mol. The van der Waals surface area contributed by atoms with Gasteiger partial charge in [0.2, 0.25) is 0 Å². The second kappa shape index (κ2) is 5.36. The van der Waals surface area contributed by atoms with E-state index in [1.807, 2.05) is 19.0 Å². The molecule has 0 aromatic carbocycles. The average molecular weight is 269 g/mol. The van der Waals surface area contributed by atoms with Gasteiger partial charge in [-0.15, -0.1) is 0 Å². The number of urea groups is 1. The molecule has 108 valence electrons. The molecule has 0 bridgehead atoms. The summed E-state index contributed by atoms with van der Waals surface area (Å²) in [7, 11) is 4.07. The molecule has 0 aromatic rings. The first-order valence-corrected chi connectivity index (χ1v) is 6.83. The van der Waals surface area contributed by atoms with Crippen LogP contribution in [0.2, 0.25) is 0 Å². The lowest BCUT2D eigenvalue weighted by Crippen LogP contribution is -2.57. The lowest BCUT2D eigenvalue weighted by atomic mass is 9.87. The van der Waals surface area contributed by atoms with Crippen LogP contribution in [0.5, 0.6) is 0 Å². The van der Waals surface area contributed by atoms with Gasteiger partial charge in [0.25, 0.3) is 0 Å². The maximum Gasteiger partial charge on any atom is 0.320 e. The summed E-state index contributed by atoms with van der Waals surface area (Å²) in [4.78, 5) is 28.9. The van der Waals surface area contributed by atoms with Crippen molar-refractivity contribution in [1.82, 2.24) is 14.7 Å². The van der Waals surface area contributed by atoms with E-state index in [1.54, 1.807) is 11.8 Å². The Morgan fingerprint density at radius 2 is 1.84 bits per heavy atom. The summed E-state index contributed by atoms with van der Waals surface area (Å²) in [5.41, 5.74) is 0. The maximum atomic E-state index is 12.2. The molecule has 0 aromatic heterocycles. The van der Waals surface area contributed by atoms with Crippen LogP contribution in [0.15, 0.2) is 0 Å². The first-order valence-electron chi connectivity index (χ1n) is 6.83. The van der Waals surface area contributed by atoms with Gasteiger partial charge in [-0.1, -0.05) is 6.92 Å². The van der Waals surface area contributed by atoms with Crippen LogP contribution in [0.3, 0.4) is 0 Å². The van der Waals surface area contributed by atoms with E-state index in [2.05, 4.69) is 4.90 Å². The van der Waals surface area contributed by atoms with Crippen LogP contribution in [0.1, 0.15) is 13.3 Å². The van der Waals surface area contributed by atoms with E-state index in [1.165, 1.54) is 0 Å². The number of carboxylic acid groups (broad SMARTS) is 1. The Balaban J connectivity index is 1.79. The fraction of sp³-hybridized carbons (Fsp3) is 0.846. The van der Waals surface area contributed by atoms with Gasteiger partial charge in [-0.3, -0.25) is 4.79 Å². The zero-order valence-electron chi connectivity index (χ0n) is 11.9. The molecular weight excluding hydrogens is 246 g/mol. The second-order valence-electron chi connectivity index (χ2n) is 5.93. The van der Waals surface area contributed by atoms with E-state index in [9.17, 15) is 9.59 Å². The van der Waals surface area contributed by atoms with Crippen molar-refractivity contribution < 1.29 is 14.7 Å². The summed E-state index contributed by atoms with van der Waals surface area (Å²) in [5.74, 6) is -1.03. The van der Waals surface area contributed by atoms with E-state index in [0.29, 0.717) is 19.1 Å². The highest BCUT2D eigenvalue weighted by Gasteiger charge is 2.40. The SMILES string of the molecule is CC(C(=O)O)C1CN(C(=O)N2CCC(N(C)C)C2)C1. The molecule has 0 saturated carbocycles. The first-order chi connectivity index (χ1) is 8.90. The Labute approximate surface area is 114 Å². The van der Waals surface area contributed by atoms with E-state index in [-0.39, 0.29) is 17.9 Å². The number of aliphatic carboxylic acids is 1. The van der Waals surface area contributed by atoms with Crippen molar-refractivity contribution in [2.45, 2.75) is 19.4 Å². The molecule has 2 aliphatic heterocycles. The molecule has 2 fully saturated rings. The minimum absolute atomic E-state index is 0.0678. The summed E-state index contributed by atoms with van der Waals surface area (Å²) < 4.78 is 0. The third-order valence-corrected chi connectivity index (χ3v) is 4.44. The number of amides is 2. The molecule has 2 aliphatic rings. The third kappa shape index (κ3) is 2.83. The number of carboxylic acids is 1. The molecule has 2 atom stereocenters. The van der Waals surface area contributed by atoms with Gasteiger partial charge in [-0.2, -0.15) is 0 Å². The summed E-state index contributed by atoms with van der Waals surface area (Å²) in [6, 6.07) is 0.511. The van der Waals surface area contributed by atoms with Crippen LogP contribution in [-0.2, 0) is 4.79 Å². The number of nitrogens with zero attached hydrogens (tertiary/aromatic N) is 3. The van der Waals surface area contributed by atoms with Gasteiger partial charge in [0.15, 0.2) is 0 Å². The predicted molar refractivity (Wildman–Crippen MR) is 70.9 cm³/mol. The van der Waals surface area contributed by atoms with Crippen molar-refractivity contribution in [2.24, 2.45) is 11.8 Å². The number of likely N-dealkylation sites (N-methyl/N-ethyl adjacent to an activating group) is 1. The van der Waals surface area contributed by atoms with Crippen LogP contribution >= 0.6 is 0 Å². The molecule has 6 nitrogen and oxygen atoms in total. The van der Waals surface area contributed by atoms with Gasteiger partial charge in [-0.25, -0.2) is 4.79 Å². The van der Waals surface area contributed by atoms with Crippen LogP contribution in [0.4, 0.5) is 4.79 Å². The number of likely N-dealkylation sites (tertiary alicyclic amines) is 2. The normalized spacial score (nSPS) is 25.6. The largest absolute Gasteiger partial charge is 0.481 e. The maximum absolute atomic E-state index is 12.2. The minimum atomic E-state index is -0.772. The molecule has 6 heteroatoms. The number of rotatable bonds is 3. The highest BCUT2D eigenvalue weighted by Crippen LogP contribution is 2.26. The lowest BCUT2D eigenvalue weighted by molar-refractivity contribution is -0.144. The van der Waals surface area contributed by atoms with E-state index >= 15 is 0 Å². The Bertz CT molecular complexity index is 366. The molecule has 2 amide bonds. The fourth-order valence-corrected chi connectivity index (χ4v) is 2.72. The van der Waals surface area contributed by atoms with Gasteiger partial charge >= 0.3 is 12.0 Å². The van der Waals surface area contributed by atoms with Gasteiger partial charge in [0, 0.05) is 38.1 Å². The molecule has 2 heterocycles. The molecule has 0 aliphatic carbocycles. The molecule has 2 saturated heterocycles. The Morgan fingerprint density at radius 3 is 2.32 bits per heavy atom. The zero-order chi connectivity index (χ0) is 14.2. The van der Waals surface area contributed by atoms with Crippen LogP contribution in [0, 0.1) is 11.8 Å². The van der Waals surface area contributed by atoms with Gasteiger partial charge in [0.1, 0.15) is 0 Å². The minimum Gasteiger partial charge on any atom is -0.481 e. The molecule has 1 N–H and O–H groups in total. The van der Waals surface area contributed by atoms with Crippen molar-refractivity contribution in [3.8, 4) is 0 Å². The van der Waals surface area contributed by atoms with Crippen molar-refractivity contribution in [3.63, 3.8) is 0 Å². The van der Waals surface area contributed by atoms with Crippen molar-refractivity contribution in [1.29, 1.82) is 0 Å². The lowest BCUT2D eigenvalue weighted by Gasteiger charge is -2.42. The number of hydrogen-bond donors (Lipinski definition) is 1. The highest BCUT2D eigenvalue weighted by molar-refractivity contribution is 5.76. The standard InChI is InChI=1S/C13H23N3O3/c1-9(12(17)18)10-6-16(7-10)13(19)15-5-4-11(8-15)14(2)3/h9-11H,4-8H2,1-3H3,(H,17,18). The fourth-order valence-electron chi connectivity index (χ4n) is 2.72. The molecule has 2 unspecified atom stereocenters. The molecule has 19 heavy (non-hydrogen) atoms. The molecular formula is C13H23N3O3. The van der Waals surface area contributed by atoms with Gasteiger partial charge in [0.05, 0.1) is 5.92 Å². The van der Waals surface area contributed by atoms with E-state index in [4.69, 9.17) is 5.11 Å². The molecule has 0 spiro atoms. The van der Waals surface area contributed by atoms with Crippen LogP contribution in [0.25, 0.3) is 0 Å². The molecule has 2 rings (SSSR count). The Hall–Kier alpha value is -1.30. The van der Waals surface area contributed by atoms with E-state index < -0.39 is 5.97 Å². The summed E-state index contributed by atoms with van der Waals surface area (Å²) in [5, 5.41) is 8.93. The van der Waals surface area contributed by atoms with Crippen LogP contribution < -0.4 is 0 Å². The quantitative estimate of drug-likeness (QED) is 0.805. The zero-order valence-corrected chi connectivity index (χ0v) is 11.9. The topological polar surface area (TPSA) is 64.1 Å². The predicted octanol–water partition coefficient (Wildman–Crippen LogP) is 0.395. The summed E-state index contributed by atoms with van der Waals surface area (Å²) in [6.45, 7) is 4.45. The number of hydrogen-bond acceptors (Lipinski definition) is 3. The average Bonchev–Trinajstić information content (AvgIpc) is 2.75.